The summed E-state index contributed by atoms with van der Waals surface area (Å²) in [4.78, 5) is 21.0. The fourth-order valence-corrected chi connectivity index (χ4v) is 2.12. The Morgan fingerprint density at radius 3 is 2.30 bits per heavy atom. The van der Waals surface area contributed by atoms with Crippen LogP contribution < -0.4 is 16.8 Å². The molecule has 0 aromatic heterocycles. The van der Waals surface area contributed by atoms with E-state index in [4.69, 9.17) is 5.73 Å². The predicted octanol–water partition coefficient (Wildman–Crippen LogP) is 2.10. The van der Waals surface area contributed by atoms with Crippen LogP contribution in [0.1, 0.15) is 10.4 Å². The van der Waals surface area contributed by atoms with Gasteiger partial charge in [0.1, 0.15) is 5.69 Å². The third kappa shape index (κ3) is 4.07. The van der Waals surface area contributed by atoms with Crippen LogP contribution in [-0.4, -0.2) is 35.8 Å². The zero-order valence-corrected chi connectivity index (χ0v) is 12.9. The molecule has 0 radical (unpaired) electrons. The summed E-state index contributed by atoms with van der Waals surface area (Å²) in [5.74, 6) is -10.0. The van der Waals surface area contributed by atoms with E-state index in [1.54, 1.807) is 0 Å². The second kappa shape index (κ2) is 6.66. The maximum absolute atomic E-state index is 13.4. The normalized spacial score (nSPS) is 12.1. The number of nitro groups is 1. The second-order valence-electron chi connectivity index (χ2n) is 4.44. The Labute approximate surface area is 135 Å². The Morgan fingerprint density at radius 1 is 1.30 bits per heavy atom. The molecule has 1 rings (SSSR count). The number of alkyl halides is 4. The number of primary amides is 1. The van der Waals surface area contributed by atoms with Gasteiger partial charge in [-0.15, -0.1) is 0 Å². The van der Waals surface area contributed by atoms with E-state index in [1.165, 1.54) is 0 Å². The van der Waals surface area contributed by atoms with E-state index in [9.17, 15) is 32.5 Å². The van der Waals surface area contributed by atoms with E-state index in [1.807, 2.05) is 5.32 Å². The molecule has 0 fully saturated rings. The van der Waals surface area contributed by atoms with Gasteiger partial charge in [-0.3, -0.25) is 14.9 Å². The summed E-state index contributed by atoms with van der Waals surface area (Å²) in [6.45, 7) is -3.20. The molecule has 0 aliphatic carbocycles. The van der Waals surface area contributed by atoms with Crippen LogP contribution in [0.5, 0.6) is 0 Å². The quantitative estimate of drug-likeness (QED) is 0.366. The van der Waals surface area contributed by atoms with Gasteiger partial charge in [0.15, 0.2) is 0 Å². The summed E-state index contributed by atoms with van der Waals surface area (Å²) in [5, 5.41) is 12.8. The monoisotopic (exact) mass is 402 g/mol. The van der Waals surface area contributed by atoms with Crippen molar-refractivity contribution in [3.8, 4) is 0 Å². The molecule has 0 aliphatic rings. The first-order valence-corrected chi connectivity index (χ1v) is 6.69. The molecule has 1 aromatic rings. The minimum absolute atomic E-state index is 0.160. The van der Waals surface area contributed by atoms with Crippen molar-refractivity contribution in [1.29, 1.82) is 0 Å². The van der Waals surface area contributed by atoms with Crippen molar-refractivity contribution < 1.29 is 27.3 Å². The topological polar surface area (TPSA) is 124 Å². The summed E-state index contributed by atoms with van der Waals surface area (Å²) in [5.41, 5.74) is 8.05. The lowest BCUT2D eigenvalue weighted by Crippen LogP contribution is -2.50. The Hall–Kier alpha value is -1.95. The number of anilines is 1. The Balaban J connectivity index is 3.19. The van der Waals surface area contributed by atoms with Crippen LogP contribution in [0.3, 0.4) is 0 Å². The molecule has 23 heavy (non-hydrogen) atoms. The summed E-state index contributed by atoms with van der Waals surface area (Å²) in [6, 6.07) is 1.78. The van der Waals surface area contributed by atoms with Gasteiger partial charge in [-0.05, 0) is 22.0 Å². The maximum atomic E-state index is 13.4. The molecule has 128 valence electrons. The van der Waals surface area contributed by atoms with Crippen LogP contribution in [0.15, 0.2) is 16.6 Å². The second-order valence-corrected chi connectivity index (χ2v) is 5.29. The molecule has 0 spiro atoms. The van der Waals surface area contributed by atoms with Crippen molar-refractivity contribution in [2.75, 3.05) is 18.4 Å². The van der Waals surface area contributed by atoms with Gasteiger partial charge in [-0.2, -0.15) is 17.6 Å². The van der Waals surface area contributed by atoms with Crippen molar-refractivity contribution in [3.05, 3.63) is 32.3 Å². The minimum atomic E-state index is -4.54. The zero-order chi connectivity index (χ0) is 18.0. The molecule has 5 N–H and O–H groups in total. The summed E-state index contributed by atoms with van der Waals surface area (Å²) in [6.07, 6.45) is 0. The van der Waals surface area contributed by atoms with E-state index in [2.05, 4.69) is 21.7 Å². The third-order valence-corrected chi connectivity index (χ3v) is 3.45. The van der Waals surface area contributed by atoms with E-state index in [0.29, 0.717) is 0 Å². The number of nitro benzene ring substituents is 1. The van der Waals surface area contributed by atoms with Crippen molar-refractivity contribution >= 4 is 33.2 Å². The molecule has 0 unspecified atom stereocenters. The van der Waals surface area contributed by atoms with Crippen LogP contribution in [0, 0.1) is 10.1 Å². The molecular formula is C11H11BrF4N4O3. The third-order valence-electron chi connectivity index (χ3n) is 2.83. The SMILES string of the molecule is NCC(F)(F)C(F)(F)CNc1c(Br)cc(C(N)=O)cc1[N+](=O)[O-]. The van der Waals surface area contributed by atoms with Crippen LogP contribution in [0.25, 0.3) is 0 Å². The molecule has 0 saturated carbocycles. The number of carbonyl (C=O) groups is 1. The van der Waals surface area contributed by atoms with Crippen LogP contribution in [0.2, 0.25) is 0 Å². The molecule has 0 saturated heterocycles. The molecule has 1 aromatic carbocycles. The smallest absolute Gasteiger partial charge is 0.328 e. The van der Waals surface area contributed by atoms with E-state index >= 15 is 0 Å². The number of hydrogen-bond donors (Lipinski definition) is 3. The number of amides is 1. The number of nitrogens with zero attached hydrogens (tertiary/aromatic N) is 1. The highest BCUT2D eigenvalue weighted by molar-refractivity contribution is 9.10. The number of hydrogen-bond acceptors (Lipinski definition) is 5. The highest BCUT2D eigenvalue weighted by Crippen LogP contribution is 2.37. The minimum Gasteiger partial charge on any atom is -0.372 e. The maximum Gasteiger partial charge on any atom is 0.328 e. The molecule has 12 heteroatoms. The molecule has 1 amide bonds. The average Bonchev–Trinajstić information content (AvgIpc) is 2.44. The van der Waals surface area contributed by atoms with Gasteiger partial charge < -0.3 is 16.8 Å². The summed E-state index contributed by atoms with van der Waals surface area (Å²) in [7, 11) is 0. The van der Waals surface area contributed by atoms with Gasteiger partial charge in [-0.25, -0.2) is 0 Å². The average molecular weight is 403 g/mol. The number of halogens is 5. The fraction of sp³-hybridized carbons (Fsp3) is 0.364. The summed E-state index contributed by atoms with van der Waals surface area (Å²) < 4.78 is 52.7. The van der Waals surface area contributed by atoms with Gasteiger partial charge >= 0.3 is 11.8 Å². The standard InChI is InChI=1S/C11H11BrF4N4O3/c12-6-1-5(9(18)21)2-7(20(22)23)8(6)19-4-11(15,16)10(13,14)3-17/h1-2,19H,3-4,17H2,(H2,18,21). The lowest BCUT2D eigenvalue weighted by molar-refractivity contribution is -0.384. The molecule has 0 aliphatic heterocycles. The van der Waals surface area contributed by atoms with Gasteiger partial charge in [0.05, 0.1) is 18.0 Å². The van der Waals surface area contributed by atoms with Crippen molar-refractivity contribution in [2.24, 2.45) is 11.5 Å². The molecule has 0 bridgehead atoms. The number of nitrogens with two attached hydrogens (primary N) is 2. The Kier molecular flexibility index (Phi) is 5.53. The van der Waals surface area contributed by atoms with Gasteiger partial charge in [0, 0.05) is 16.1 Å². The van der Waals surface area contributed by atoms with Crippen LogP contribution >= 0.6 is 15.9 Å². The first kappa shape index (κ1) is 19.1. The Bertz CT molecular complexity index is 642. The molecule has 0 heterocycles. The number of rotatable bonds is 7. The van der Waals surface area contributed by atoms with Crippen molar-refractivity contribution in [2.45, 2.75) is 11.8 Å². The molecule has 7 nitrogen and oxygen atoms in total. The van der Waals surface area contributed by atoms with E-state index < -0.39 is 47.1 Å². The van der Waals surface area contributed by atoms with E-state index in [-0.39, 0.29) is 10.0 Å². The first-order valence-electron chi connectivity index (χ1n) is 5.90. The number of benzene rings is 1. The number of nitrogens with one attached hydrogen (secondary N) is 1. The lowest BCUT2D eigenvalue weighted by atomic mass is 10.1. The van der Waals surface area contributed by atoms with Gasteiger partial charge in [0.2, 0.25) is 5.91 Å². The van der Waals surface area contributed by atoms with Crippen LogP contribution in [0.4, 0.5) is 28.9 Å². The predicted molar refractivity (Wildman–Crippen MR) is 76.8 cm³/mol. The highest BCUT2D eigenvalue weighted by atomic mass is 79.9. The molecule has 0 atom stereocenters. The van der Waals surface area contributed by atoms with Crippen LogP contribution in [-0.2, 0) is 0 Å². The first-order chi connectivity index (χ1) is 10.4. The van der Waals surface area contributed by atoms with Crippen molar-refractivity contribution in [3.63, 3.8) is 0 Å². The lowest BCUT2D eigenvalue weighted by Gasteiger charge is -2.26. The molecular weight excluding hydrogens is 392 g/mol. The van der Waals surface area contributed by atoms with E-state index in [0.717, 1.165) is 12.1 Å². The fourth-order valence-electron chi connectivity index (χ4n) is 1.53. The van der Waals surface area contributed by atoms with Crippen molar-refractivity contribution in [1.82, 2.24) is 0 Å². The highest BCUT2D eigenvalue weighted by Gasteiger charge is 2.55. The van der Waals surface area contributed by atoms with Gasteiger partial charge in [-0.1, -0.05) is 0 Å². The zero-order valence-electron chi connectivity index (χ0n) is 11.3. The Morgan fingerprint density at radius 2 is 1.87 bits per heavy atom. The van der Waals surface area contributed by atoms with Gasteiger partial charge in [0.25, 0.3) is 5.69 Å². The number of carbonyl (C=O) groups excluding carboxylic acids is 1. The largest absolute Gasteiger partial charge is 0.372 e. The summed E-state index contributed by atoms with van der Waals surface area (Å²) >= 11 is 2.84.